The molecule has 0 aliphatic heterocycles. The first kappa shape index (κ1) is 26.8. The van der Waals surface area contributed by atoms with E-state index < -0.39 is 5.91 Å². The van der Waals surface area contributed by atoms with Crippen molar-refractivity contribution in [2.75, 3.05) is 13.7 Å². The summed E-state index contributed by atoms with van der Waals surface area (Å²) in [5.74, 6) is 1.35. The summed E-state index contributed by atoms with van der Waals surface area (Å²) in [4.78, 5) is 12.7. The van der Waals surface area contributed by atoms with Crippen molar-refractivity contribution in [2.45, 2.75) is 20.1 Å². The Morgan fingerprint density at radius 3 is 2.37 bits per heavy atom. The van der Waals surface area contributed by atoms with Crippen LogP contribution in [0.5, 0.6) is 17.2 Å². The second-order valence-corrected chi connectivity index (χ2v) is 9.28. The van der Waals surface area contributed by atoms with Gasteiger partial charge in [0.25, 0.3) is 5.91 Å². The van der Waals surface area contributed by atoms with Crippen LogP contribution in [0, 0.1) is 11.3 Å². The van der Waals surface area contributed by atoms with Gasteiger partial charge in [-0.2, -0.15) is 5.26 Å². The monoisotopic (exact) mass is 570 g/mol. The number of benzene rings is 4. The van der Waals surface area contributed by atoms with Crippen LogP contribution in [0.15, 0.2) is 88.9 Å². The van der Waals surface area contributed by atoms with Gasteiger partial charge in [0.2, 0.25) is 0 Å². The number of amides is 1. The lowest BCUT2D eigenvalue weighted by Gasteiger charge is -2.14. The number of halogens is 1. The summed E-state index contributed by atoms with van der Waals surface area (Å²) < 4.78 is 17.8. The Morgan fingerprint density at radius 2 is 1.66 bits per heavy atom. The molecule has 0 saturated heterocycles. The number of methoxy groups -OCH3 is 1. The highest BCUT2D eigenvalue weighted by Crippen LogP contribution is 2.35. The smallest absolute Gasteiger partial charge is 0.262 e. The van der Waals surface area contributed by atoms with Crippen molar-refractivity contribution >= 4 is 38.7 Å². The lowest BCUT2D eigenvalue weighted by molar-refractivity contribution is -0.117. The molecule has 0 aliphatic rings. The summed E-state index contributed by atoms with van der Waals surface area (Å²) in [6.07, 6.45) is 1.53. The highest BCUT2D eigenvalue weighted by atomic mass is 79.9. The van der Waals surface area contributed by atoms with Crippen molar-refractivity contribution in [2.24, 2.45) is 0 Å². The first-order valence-electron chi connectivity index (χ1n) is 12.1. The molecule has 4 rings (SSSR count). The van der Waals surface area contributed by atoms with Crippen LogP contribution in [-0.4, -0.2) is 19.6 Å². The van der Waals surface area contributed by atoms with Crippen molar-refractivity contribution in [1.82, 2.24) is 5.32 Å². The molecular formula is C31H27BrN2O4. The molecule has 0 saturated carbocycles. The number of hydrogen-bond acceptors (Lipinski definition) is 5. The van der Waals surface area contributed by atoms with Crippen LogP contribution < -0.4 is 19.5 Å². The molecule has 6 nitrogen and oxygen atoms in total. The Kier molecular flexibility index (Phi) is 9.02. The van der Waals surface area contributed by atoms with Gasteiger partial charge in [-0.25, -0.2) is 0 Å². The number of hydrogen-bond donors (Lipinski definition) is 1. The van der Waals surface area contributed by atoms with E-state index in [1.165, 1.54) is 11.5 Å². The van der Waals surface area contributed by atoms with Gasteiger partial charge in [-0.05, 0) is 70.8 Å². The minimum Gasteiger partial charge on any atom is -0.497 e. The molecule has 0 unspecified atom stereocenters. The van der Waals surface area contributed by atoms with Crippen LogP contribution >= 0.6 is 15.9 Å². The third-order valence-electron chi connectivity index (χ3n) is 5.85. The first-order chi connectivity index (χ1) is 18.5. The first-order valence-corrected chi connectivity index (χ1v) is 12.9. The van der Waals surface area contributed by atoms with E-state index in [9.17, 15) is 10.1 Å². The van der Waals surface area contributed by atoms with Crippen LogP contribution in [0.3, 0.4) is 0 Å². The van der Waals surface area contributed by atoms with Gasteiger partial charge in [-0.3, -0.25) is 4.79 Å². The van der Waals surface area contributed by atoms with E-state index in [1.807, 2.05) is 55.5 Å². The molecule has 38 heavy (non-hydrogen) atoms. The zero-order valence-electron chi connectivity index (χ0n) is 21.2. The largest absolute Gasteiger partial charge is 0.497 e. The number of rotatable bonds is 10. The molecule has 0 spiro atoms. The summed E-state index contributed by atoms with van der Waals surface area (Å²) in [7, 11) is 1.60. The fourth-order valence-electron chi connectivity index (χ4n) is 3.86. The maximum absolute atomic E-state index is 12.7. The van der Waals surface area contributed by atoms with E-state index in [-0.39, 0.29) is 12.1 Å². The van der Waals surface area contributed by atoms with Gasteiger partial charge in [0.15, 0.2) is 11.5 Å². The van der Waals surface area contributed by atoms with Crippen LogP contribution in [0.25, 0.3) is 16.8 Å². The standard InChI is InChI=1S/C31H27BrN2O4/c1-3-37-29-16-25(15-26(18-33)31(35)34-19-21-9-12-27(36-2)13-10-21)28(32)17-30(29)38-20-22-8-11-23-6-4-5-7-24(23)14-22/h4-17H,3,19-20H2,1-2H3,(H,34,35)/b26-15-. The molecule has 0 atom stereocenters. The molecule has 0 heterocycles. The Balaban J connectivity index is 1.50. The van der Waals surface area contributed by atoms with Gasteiger partial charge < -0.3 is 19.5 Å². The van der Waals surface area contributed by atoms with E-state index in [1.54, 1.807) is 19.2 Å². The van der Waals surface area contributed by atoms with Gasteiger partial charge in [0.1, 0.15) is 24.0 Å². The normalized spacial score (nSPS) is 11.1. The van der Waals surface area contributed by atoms with Crippen molar-refractivity contribution in [1.29, 1.82) is 5.26 Å². The van der Waals surface area contributed by atoms with E-state index >= 15 is 0 Å². The minimum atomic E-state index is -0.468. The van der Waals surface area contributed by atoms with Crippen molar-refractivity contribution in [3.8, 4) is 23.3 Å². The Hall–Kier alpha value is -4.28. The fraction of sp³-hybridized carbons (Fsp3) is 0.161. The second kappa shape index (κ2) is 12.8. The van der Waals surface area contributed by atoms with Crippen LogP contribution in [0.1, 0.15) is 23.6 Å². The topological polar surface area (TPSA) is 80.6 Å². The third-order valence-corrected chi connectivity index (χ3v) is 6.53. The Labute approximate surface area is 230 Å². The summed E-state index contributed by atoms with van der Waals surface area (Å²) in [6, 6.07) is 27.3. The maximum Gasteiger partial charge on any atom is 0.262 e. The van der Waals surface area contributed by atoms with E-state index in [2.05, 4.69) is 45.5 Å². The van der Waals surface area contributed by atoms with Crippen molar-refractivity contribution in [3.05, 3.63) is 106 Å². The number of nitrogens with zero attached hydrogens (tertiary/aromatic N) is 1. The molecule has 0 radical (unpaired) electrons. The molecule has 0 aromatic heterocycles. The summed E-state index contributed by atoms with van der Waals surface area (Å²) in [5.41, 5.74) is 2.53. The number of fused-ring (bicyclic) bond motifs is 1. The molecule has 0 aliphatic carbocycles. The number of ether oxygens (including phenoxy) is 3. The number of carbonyl (C=O) groups excluding carboxylic acids is 1. The minimum absolute atomic E-state index is 0.0218. The van der Waals surface area contributed by atoms with Gasteiger partial charge in [0.05, 0.1) is 13.7 Å². The molecular weight excluding hydrogens is 544 g/mol. The van der Waals surface area contributed by atoms with E-state index in [0.717, 1.165) is 22.3 Å². The predicted molar refractivity (Wildman–Crippen MR) is 152 cm³/mol. The molecule has 0 fully saturated rings. The molecule has 7 heteroatoms. The third kappa shape index (κ3) is 6.72. The van der Waals surface area contributed by atoms with E-state index in [0.29, 0.717) is 34.7 Å². The number of nitriles is 1. The number of carbonyl (C=O) groups is 1. The molecule has 0 bridgehead atoms. The van der Waals surface area contributed by atoms with Crippen LogP contribution in [0.2, 0.25) is 0 Å². The highest BCUT2D eigenvalue weighted by molar-refractivity contribution is 9.10. The Bertz CT molecular complexity index is 1510. The highest BCUT2D eigenvalue weighted by Gasteiger charge is 2.14. The van der Waals surface area contributed by atoms with Crippen molar-refractivity contribution < 1.29 is 19.0 Å². The number of nitrogens with one attached hydrogen (secondary N) is 1. The SMILES string of the molecule is CCOc1cc(/C=C(/C#N)C(=O)NCc2ccc(OC)cc2)c(Br)cc1OCc1ccc2ccccc2c1. The molecule has 4 aromatic rings. The summed E-state index contributed by atoms with van der Waals surface area (Å²) in [5, 5.41) is 14.8. The zero-order valence-corrected chi connectivity index (χ0v) is 22.7. The summed E-state index contributed by atoms with van der Waals surface area (Å²) in [6.45, 7) is 2.97. The molecule has 192 valence electrons. The molecule has 1 amide bonds. The van der Waals surface area contributed by atoms with E-state index in [4.69, 9.17) is 14.2 Å². The van der Waals surface area contributed by atoms with Gasteiger partial charge in [-0.1, -0.05) is 64.5 Å². The van der Waals surface area contributed by atoms with Gasteiger partial charge in [0, 0.05) is 11.0 Å². The zero-order chi connectivity index (χ0) is 26.9. The lowest BCUT2D eigenvalue weighted by atomic mass is 10.1. The Morgan fingerprint density at radius 1 is 0.947 bits per heavy atom. The second-order valence-electron chi connectivity index (χ2n) is 8.42. The predicted octanol–water partition coefficient (Wildman–Crippen LogP) is 6.81. The average molecular weight is 571 g/mol. The van der Waals surface area contributed by atoms with Crippen LogP contribution in [0.4, 0.5) is 0 Å². The van der Waals surface area contributed by atoms with Gasteiger partial charge in [-0.15, -0.1) is 0 Å². The van der Waals surface area contributed by atoms with Gasteiger partial charge >= 0.3 is 0 Å². The quantitative estimate of drug-likeness (QED) is 0.167. The summed E-state index contributed by atoms with van der Waals surface area (Å²) >= 11 is 3.55. The molecule has 4 aromatic carbocycles. The fourth-order valence-corrected chi connectivity index (χ4v) is 4.29. The lowest BCUT2D eigenvalue weighted by Crippen LogP contribution is -2.23. The van der Waals surface area contributed by atoms with Crippen LogP contribution in [-0.2, 0) is 17.9 Å². The van der Waals surface area contributed by atoms with Crippen molar-refractivity contribution in [3.63, 3.8) is 0 Å². The maximum atomic E-state index is 12.7. The molecule has 1 N–H and O–H groups in total. The average Bonchev–Trinajstić information content (AvgIpc) is 2.95.